The topological polar surface area (TPSA) is 75.0 Å². The zero-order valence-electron chi connectivity index (χ0n) is 16.7. The molecule has 162 valence electrons. The predicted octanol–water partition coefficient (Wildman–Crippen LogP) is 4.80. The van der Waals surface area contributed by atoms with Crippen LogP contribution in [0.3, 0.4) is 0 Å². The van der Waals surface area contributed by atoms with Gasteiger partial charge in [0.1, 0.15) is 5.82 Å². The van der Waals surface area contributed by atoms with E-state index < -0.39 is 16.9 Å². The van der Waals surface area contributed by atoms with Crippen LogP contribution in [0, 0.1) is 5.82 Å². The molecule has 32 heavy (non-hydrogen) atoms. The second-order valence-corrected chi connectivity index (χ2v) is 8.46. The molecule has 0 fully saturated rings. The summed E-state index contributed by atoms with van der Waals surface area (Å²) >= 11 is 3.80. The van der Waals surface area contributed by atoms with Gasteiger partial charge in [0.05, 0.1) is 23.3 Å². The number of aromatic nitrogens is 2. The Morgan fingerprint density at radius 3 is 2.31 bits per heavy atom. The van der Waals surface area contributed by atoms with Gasteiger partial charge in [0, 0.05) is 11.3 Å². The Balaban J connectivity index is 1.85. The second-order valence-electron chi connectivity index (χ2n) is 7.16. The van der Waals surface area contributed by atoms with Crippen LogP contribution in [0.1, 0.15) is 11.1 Å². The molecule has 0 aliphatic heterocycles. The first-order valence-electron chi connectivity index (χ1n) is 9.67. The van der Waals surface area contributed by atoms with Crippen molar-refractivity contribution >= 4 is 22.7 Å². The van der Waals surface area contributed by atoms with E-state index in [1.807, 2.05) is 30.3 Å². The highest BCUT2D eigenvalue weighted by Crippen LogP contribution is 2.31. The quantitative estimate of drug-likeness (QED) is 0.382. The molecular formula is C24H17ClFN2O3S-. The van der Waals surface area contributed by atoms with Crippen molar-refractivity contribution in [2.45, 2.75) is 12.3 Å². The third kappa shape index (κ3) is 4.85. The first-order valence-corrected chi connectivity index (χ1v) is 11.3. The molecule has 0 bridgehead atoms. The zero-order chi connectivity index (χ0) is 22.7. The van der Waals surface area contributed by atoms with E-state index in [2.05, 4.69) is 5.10 Å². The third-order valence-electron chi connectivity index (χ3n) is 4.98. The van der Waals surface area contributed by atoms with Gasteiger partial charge in [-0.1, -0.05) is 83.3 Å². The minimum Gasteiger partial charge on any atom is -0.772 e. The van der Waals surface area contributed by atoms with E-state index in [1.165, 1.54) is 22.9 Å². The van der Waals surface area contributed by atoms with Crippen LogP contribution < -0.4 is 5.56 Å². The van der Waals surface area contributed by atoms with Gasteiger partial charge in [-0.25, -0.2) is 9.07 Å². The largest absolute Gasteiger partial charge is 0.772 e. The van der Waals surface area contributed by atoms with Gasteiger partial charge < -0.3 is 4.55 Å². The molecule has 1 unspecified atom stereocenters. The summed E-state index contributed by atoms with van der Waals surface area (Å²) in [6.07, 6.45) is 1.58. The maximum atomic E-state index is 13.8. The lowest BCUT2D eigenvalue weighted by Gasteiger charge is -2.14. The minimum absolute atomic E-state index is 0.0902. The number of benzene rings is 3. The molecule has 1 atom stereocenters. The first kappa shape index (κ1) is 22.1. The van der Waals surface area contributed by atoms with E-state index >= 15 is 0 Å². The molecule has 0 aliphatic carbocycles. The van der Waals surface area contributed by atoms with Crippen LogP contribution in [0.25, 0.3) is 22.3 Å². The number of nitrogens with zero attached hydrogens (tertiary/aromatic N) is 2. The summed E-state index contributed by atoms with van der Waals surface area (Å²) in [5.41, 5.74) is 3.20. The van der Waals surface area contributed by atoms with Crippen LogP contribution in [0.15, 0.2) is 83.8 Å². The fraction of sp³-hybridized carbons (Fsp3) is 0.0833. The van der Waals surface area contributed by atoms with Crippen molar-refractivity contribution in [3.63, 3.8) is 0 Å². The molecule has 0 amide bonds. The average Bonchev–Trinajstić information content (AvgIpc) is 2.78. The summed E-state index contributed by atoms with van der Waals surface area (Å²) in [5.74, 6) is -0.678. The third-order valence-corrected chi connectivity index (χ3v) is 5.84. The van der Waals surface area contributed by atoms with E-state index in [4.69, 9.17) is 11.6 Å². The number of halogens is 2. The van der Waals surface area contributed by atoms with Crippen LogP contribution in [0.5, 0.6) is 0 Å². The molecule has 0 saturated heterocycles. The average molecular weight is 468 g/mol. The Bertz CT molecular complexity index is 1340. The maximum absolute atomic E-state index is 13.8. The summed E-state index contributed by atoms with van der Waals surface area (Å²) < 4.78 is 37.0. The molecule has 0 aliphatic rings. The number of hydrogen-bond donors (Lipinski definition) is 0. The first-order chi connectivity index (χ1) is 15.4. The van der Waals surface area contributed by atoms with Crippen molar-refractivity contribution < 1.29 is 13.2 Å². The highest BCUT2D eigenvalue weighted by atomic mass is 35.5. The second kappa shape index (κ2) is 9.56. The van der Waals surface area contributed by atoms with E-state index in [0.717, 1.165) is 5.56 Å². The van der Waals surface area contributed by atoms with E-state index in [-0.39, 0.29) is 22.9 Å². The Morgan fingerprint density at radius 1 is 0.969 bits per heavy atom. The molecular weight excluding hydrogens is 451 g/mol. The Hall–Kier alpha value is -3.13. The smallest absolute Gasteiger partial charge is 0.275 e. The monoisotopic (exact) mass is 467 g/mol. The standard InChI is InChI=1S/C24H18ClFN2O3S/c25-21-12-19(10-11-22(21)26)23-20(18-8-6-17(7-9-18)15-32(30)31)13-27-28(24(23)29)14-16-4-2-1-3-5-16/h1-13H,14-15H2,(H,30,31)/p-1. The fourth-order valence-electron chi connectivity index (χ4n) is 3.42. The van der Waals surface area contributed by atoms with Crippen molar-refractivity contribution in [3.05, 3.63) is 111 Å². The fourth-order valence-corrected chi connectivity index (χ4v) is 4.07. The molecule has 1 heterocycles. The summed E-state index contributed by atoms with van der Waals surface area (Å²) in [5, 5.41) is 4.26. The van der Waals surface area contributed by atoms with Gasteiger partial charge in [0.25, 0.3) is 5.56 Å². The summed E-state index contributed by atoms with van der Waals surface area (Å²) in [6, 6.07) is 20.4. The van der Waals surface area contributed by atoms with E-state index in [1.54, 1.807) is 30.5 Å². The molecule has 0 saturated carbocycles. The van der Waals surface area contributed by atoms with E-state index in [0.29, 0.717) is 27.8 Å². The highest BCUT2D eigenvalue weighted by Gasteiger charge is 2.17. The number of rotatable bonds is 6. The predicted molar refractivity (Wildman–Crippen MR) is 123 cm³/mol. The normalized spacial score (nSPS) is 12.0. The lowest BCUT2D eigenvalue weighted by Crippen LogP contribution is -2.25. The summed E-state index contributed by atoms with van der Waals surface area (Å²) in [4.78, 5) is 13.5. The number of hydrogen-bond acceptors (Lipinski definition) is 4. The summed E-state index contributed by atoms with van der Waals surface area (Å²) in [6.45, 7) is 0.274. The SMILES string of the molecule is O=c1c(-c2ccc(F)c(Cl)c2)c(-c2ccc(CS(=O)[O-])cc2)cnn1Cc1ccccc1. The molecule has 8 heteroatoms. The lowest BCUT2D eigenvalue weighted by molar-refractivity contribution is 0.536. The Morgan fingerprint density at radius 2 is 1.66 bits per heavy atom. The summed E-state index contributed by atoms with van der Waals surface area (Å²) in [7, 11) is 0. The van der Waals surface area contributed by atoms with Gasteiger partial charge in [-0.15, -0.1) is 0 Å². The van der Waals surface area contributed by atoms with Crippen LogP contribution >= 0.6 is 11.6 Å². The Labute approximate surface area is 191 Å². The maximum Gasteiger partial charge on any atom is 0.275 e. The van der Waals surface area contributed by atoms with Crippen molar-refractivity contribution in [3.8, 4) is 22.3 Å². The van der Waals surface area contributed by atoms with Crippen LogP contribution in [-0.2, 0) is 23.4 Å². The molecule has 3 aromatic carbocycles. The Kier molecular flexibility index (Phi) is 6.60. The van der Waals surface area contributed by atoms with Gasteiger partial charge in [0.2, 0.25) is 0 Å². The van der Waals surface area contributed by atoms with Crippen molar-refractivity contribution in [2.75, 3.05) is 0 Å². The van der Waals surface area contributed by atoms with E-state index in [9.17, 15) is 17.9 Å². The highest BCUT2D eigenvalue weighted by molar-refractivity contribution is 7.78. The zero-order valence-corrected chi connectivity index (χ0v) is 18.3. The molecule has 0 radical (unpaired) electrons. The van der Waals surface area contributed by atoms with Gasteiger partial charge in [-0.2, -0.15) is 5.10 Å². The lowest BCUT2D eigenvalue weighted by atomic mass is 9.96. The van der Waals surface area contributed by atoms with Crippen LogP contribution in [0.4, 0.5) is 4.39 Å². The van der Waals surface area contributed by atoms with Gasteiger partial charge in [-0.05, 0) is 34.4 Å². The minimum atomic E-state index is -2.20. The van der Waals surface area contributed by atoms with Gasteiger partial charge in [-0.3, -0.25) is 9.00 Å². The molecule has 4 aromatic rings. The molecule has 0 N–H and O–H groups in total. The molecule has 0 spiro atoms. The van der Waals surface area contributed by atoms with Crippen molar-refractivity contribution in [1.82, 2.24) is 9.78 Å². The van der Waals surface area contributed by atoms with Crippen molar-refractivity contribution in [1.29, 1.82) is 0 Å². The molecule has 1 aromatic heterocycles. The van der Waals surface area contributed by atoms with Crippen molar-refractivity contribution in [2.24, 2.45) is 0 Å². The molecule has 5 nitrogen and oxygen atoms in total. The molecule has 4 rings (SSSR count). The van der Waals surface area contributed by atoms with Gasteiger partial charge >= 0.3 is 0 Å². The van der Waals surface area contributed by atoms with Gasteiger partial charge in [0.15, 0.2) is 0 Å². The van der Waals surface area contributed by atoms with Crippen LogP contribution in [0.2, 0.25) is 5.02 Å². The van der Waals surface area contributed by atoms with Crippen LogP contribution in [-0.4, -0.2) is 18.5 Å².